The van der Waals surface area contributed by atoms with Gasteiger partial charge in [0.1, 0.15) is 0 Å². The topological polar surface area (TPSA) is 0 Å². The summed E-state index contributed by atoms with van der Waals surface area (Å²) in [6.45, 7) is 2.24. The lowest BCUT2D eigenvalue weighted by molar-refractivity contribution is 0.220. The van der Waals surface area contributed by atoms with Crippen molar-refractivity contribution in [2.75, 3.05) is 0 Å². The van der Waals surface area contributed by atoms with Crippen molar-refractivity contribution >= 4 is 0 Å². The van der Waals surface area contributed by atoms with Gasteiger partial charge in [-0.05, 0) is 49.5 Å². The fourth-order valence-corrected chi connectivity index (χ4v) is 3.97. The van der Waals surface area contributed by atoms with Crippen molar-refractivity contribution in [3.63, 3.8) is 0 Å². The van der Waals surface area contributed by atoms with Gasteiger partial charge in [-0.3, -0.25) is 0 Å². The Labute approximate surface area is 138 Å². The molecular weight excluding hydrogens is 264 g/mol. The molecule has 1 aromatic rings. The van der Waals surface area contributed by atoms with Crippen LogP contribution in [-0.2, 0) is 6.42 Å². The van der Waals surface area contributed by atoms with Crippen LogP contribution in [0.15, 0.2) is 42.5 Å². The molecule has 0 aromatic heterocycles. The van der Waals surface area contributed by atoms with Crippen molar-refractivity contribution in [3.8, 4) is 0 Å². The molecular formula is C22H34. The molecule has 1 saturated carbocycles. The van der Waals surface area contributed by atoms with Gasteiger partial charge >= 0.3 is 0 Å². The first-order valence-electron chi connectivity index (χ1n) is 9.59. The Morgan fingerprint density at radius 1 is 0.909 bits per heavy atom. The molecule has 22 heavy (non-hydrogen) atoms. The molecule has 0 heteroatoms. The third kappa shape index (κ3) is 6.38. The smallest absolute Gasteiger partial charge is 0.0279 e. The van der Waals surface area contributed by atoms with Gasteiger partial charge in [-0.1, -0.05) is 87.9 Å². The van der Waals surface area contributed by atoms with Gasteiger partial charge in [-0.2, -0.15) is 0 Å². The molecule has 0 nitrogen and oxygen atoms in total. The second-order valence-corrected chi connectivity index (χ2v) is 7.00. The maximum atomic E-state index is 2.44. The second kappa shape index (κ2) is 10.6. The summed E-state index contributed by atoms with van der Waals surface area (Å²) in [5.74, 6) is 1.98. The highest BCUT2D eigenvalue weighted by atomic mass is 14.3. The van der Waals surface area contributed by atoms with Crippen molar-refractivity contribution in [2.24, 2.45) is 11.8 Å². The number of benzene rings is 1. The van der Waals surface area contributed by atoms with Crippen LogP contribution in [0.2, 0.25) is 0 Å². The van der Waals surface area contributed by atoms with Crippen LogP contribution >= 0.6 is 0 Å². The third-order valence-corrected chi connectivity index (χ3v) is 5.29. The maximum Gasteiger partial charge on any atom is -0.0279 e. The second-order valence-electron chi connectivity index (χ2n) is 7.00. The Bertz CT molecular complexity index is 403. The Balaban J connectivity index is 1.62. The maximum absolute atomic E-state index is 2.44. The van der Waals surface area contributed by atoms with Crippen LogP contribution < -0.4 is 0 Å². The fraction of sp³-hybridized carbons (Fsp3) is 0.636. The zero-order valence-corrected chi connectivity index (χ0v) is 14.5. The summed E-state index contributed by atoms with van der Waals surface area (Å²) in [6.07, 6.45) is 20.2. The first-order valence-corrected chi connectivity index (χ1v) is 9.59. The predicted molar refractivity (Wildman–Crippen MR) is 98.1 cm³/mol. The molecule has 1 aliphatic carbocycles. The van der Waals surface area contributed by atoms with Gasteiger partial charge < -0.3 is 0 Å². The first-order chi connectivity index (χ1) is 10.9. The van der Waals surface area contributed by atoms with E-state index in [1.165, 1.54) is 76.2 Å². The minimum atomic E-state index is 0.977. The molecule has 2 rings (SSSR count). The van der Waals surface area contributed by atoms with E-state index in [9.17, 15) is 0 Å². The van der Waals surface area contributed by atoms with Crippen LogP contribution in [0.4, 0.5) is 0 Å². The summed E-state index contributed by atoms with van der Waals surface area (Å²) in [5.41, 5.74) is 1.50. The number of aryl methyl sites for hydroxylation is 1. The van der Waals surface area contributed by atoms with E-state index in [0.29, 0.717) is 0 Å². The van der Waals surface area contributed by atoms with Crippen molar-refractivity contribution in [1.82, 2.24) is 0 Å². The zero-order valence-electron chi connectivity index (χ0n) is 14.5. The van der Waals surface area contributed by atoms with E-state index in [2.05, 4.69) is 49.4 Å². The van der Waals surface area contributed by atoms with Gasteiger partial charge in [0.05, 0.1) is 0 Å². The van der Waals surface area contributed by atoms with Crippen molar-refractivity contribution in [3.05, 3.63) is 48.0 Å². The van der Waals surface area contributed by atoms with E-state index in [4.69, 9.17) is 0 Å². The summed E-state index contributed by atoms with van der Waals surface area (Å²) >= 11 is 0. The van der Waals surface area contributed by atoms with E-state index >= 15 is 0 Å². The molecule has 0 aliphatic heterocycles. The lowest BCUT2D eigenvalue weighted by Gasteiger charge is -2.31. The Hall–Kier alpha value is -1.04. The molecule has 1 aliphatic rings. The van der Waals surface area contributed by atoms with Crippen LogP contribution in [0, 0.1) is 11.8 Å². The molecule has 1 aromatic carbocycles. The highest BCUT2D eigenvalue weighted by Gasteiger charge is 2.23. The summed E-state index contributed by atoms with van der Waals surface area (Å²) in [5, 5.41) is 0. The highest BCUT2D eigenvalue weighted by Crippen LogP contribution is 2.36. The molecule has 0 radical (unpaired) electrons. The summed E-state index contributed by atoms with van der Waals surface area (Å²) < 4.78 is 0. The van der Waals surface area contributed by atoms with Crippen LogP contribution in [0.5, 0.6) is 0 Å². The van der Waals surface area contributed by atoms with Crippen molar-refractivity contribution in [1.29, 1.82) is 0 Å². The largest absolute Gasteiger partial charge is 0.0888 e. The first kappa shape index (κ1) is 17.3. The predicted octanol–water partition coefficient (Wildman–Crippen LogP) is 6.95. The summed E-state index contributed by atoms with van der Waals surface area (Å²) in [6, 6.07) is 11.0. The molecule has 122 valence electrons. The van der Waals surface area contributed by atoms with Gasteiger partial charge in [-0.15, -0.1) is 0 Å². The summed E-state index contributed by atoms with van der Waals surface area (Å²) in [7, 11) is 0. The van der Waals surface area contributed by atoms with Crippen LogP contribution in [-0.4, -0.2) is 0 Å². The third-order valence-electron chi connectivity index (χ3n) is 5.29. The van der Waals surface area contributed by atoms with Crippen molar-refractivity contribution in [2.45, 2.75) is 77.6 Å². The molecule has 0 heterocycles. The van der Waals surface area contributed by atoms with Gasteiger partial charge in [0.15, 0.2) is 0 Å². The Morgan fingerprint density at radius 2 is 1.68 bits per heavy atom. The average molecular weight is 299 g/mol. The van der Waals surface area contributed by atoms with Crippen LogP contribution in [0.25, 0.3) is 0 Å². The number of hydrogen-bond acceptors (Lipinski definition) is 0. The molecule has 0 bridgehead atoms. The lowest BCUT2D eigenvalue weighted by atomic mass is 9.75. The molecule has 0 spiro atoms. The zero-order chi connectivity index (χ0) is 15.5. The average Bonchev–Trinajstić information content (AvgIpc) is 2.57. The minimum absolute atomic E-state index is 0.977. The lowest BCUT2D eigenvalue weighted by Crippen LogP contribution is -2.19. The number of hydrogen-bond donors (Lipinski definition) is 0. The molecule has 2 atom stereocenters. The van der Waals surface area contributed by atoms with E-state index in [1.807, 2.05) is 0 Å². The molecule has 0 saturated heterocycles. The van der Waals surface area contributed by atoms with Crippen LogP contribution in [0.3, 0.4) is 0 Å². The van der Waals surface area contributed by atoms with Gasteiger partial charge in [0, 0.05) is 0 Å². The number of rotatable bonds is 9. The van der Waals surface area contributed by atoms with Gasteiger partial charge in [-0.25, -0.2) is 0 Å². The SMILES string of the molecule is CC/C=C\C[C@H]1CCCCC1CCCCCc1ccccc1. The van der Waals surface area contributed by atoms with E-state index < -0.39 is 0 Å². The quantitative estimate of drug-likeness (QED) is 0.342. The van der Waals surface area contributed by atoms with Gasteiger partial charge in [0.2, 0.25) is 0 Å². The van der Waals surface area contributed by atoms with Gasteiger partial charge in [0.25, 0.3) is 0 Å². The number of allylic oxidation sites excluding steroid dienone is 2. The summed E-state index contributed by atoms with van der Waals surface area (Å²) in [4.78, 5) is 0. The molecule has 0 N–H and O–H groups in total. The molecule has 0 amide bonds. The number of unbranched alkanes of at least 4 members (excludes halogenated alkanes) is 2. The molecule has 1 unspecified atom stereocenters. The standard InChI is InChI=1S/C22H34/c1-2-3-6-16-21-18-11-12-19-22(21)17-10-5-9-15-20-13-7-4-8-14-20/h3-4,6-8,13-14,21-22H,2,5,9-12,15-19H2,1H3/b6-3-/t21-,22?/m0/s1. The molecule has 1 fully saturated rings. The minimum Gasteiger partial charge on any atom is -0.0888 e. The monoisotopic (exact) mass is 298 g/mol. The normalized spacial score (nSPS) is 22.2. The van der Waals surface area contributed by atoms with E-state index in [1.54, 1.807) is 0 Å². The highest BCUT2D eigenvalue weighted by molar-refractivity contribution is 5.14. The van der Waals surface area contributed by atoms with E-state index in [-0.39, 0.29) is 0 Å². The Kier molecular flexibility index (Phi) is 8.38. The van der Waals surface area contributed by atoms with E-state index in [0.717, 1.165) is 11.8 Å². The Morgan fingerprint density at radius 3 is 2.45 bits per heavy atom. The van der Waals surface area contributed by atoms with Crippen molar-refractivity contribution < 1.29 is 0 Å². The van der Waals surface area contributed by atoms with Crippen LogP contribution in [0.1, 0.15) is 76.7 Å². The fourth-order valence-electron chi connectivity index (χ4n) is 3.97.